The van der Waals surface area contributed by atoms with Gasteiger partial charge >= 0.3 is 12.1 Å². The molecule has 5 rings (SSSR count). The third-order valence-electron chi connectivity index (χ3n) is 7.38. The van der Waals surface area contributed by atoms with E-state index in [1.807, 2.05) is 18.2 Å². The Morgan fingerprint density at radius 1 is 1.07 bits per heavy atom. The Kier molecular flexibility index (Phi) is 4.91. The van der Waals surface area contributed by atoms with Crippen LogP contribution < -0.4 is 5.32 Å². The van der Waals surface area contributed by atoms with E-state index in [4.69, 9.17) is 0 Å². The first-order valence-corrected chi connectivity index (χ1v) is 11.3. The van der Waals surface area contributed by atoms with Crippen LogP contribution in [0.15, 0.2) is 30.3 Å². The van der Waals surface area contributed by atoms with Gasteiger partial charge in [-0.3, -0.25) is 9.69 Å². The topological polar surface area (TPSA) is 73.0 Å². The molecule has 2 unspecified atom stereocenters. The number of imide groups is 1. The first-order chi connectivity index (χ1) is 14.5. The Labute approximate surface area is 177 Å². The summed E-state index contributed by atoms with van der Waals surface area (Å²) >= 11 is 0. The van der Waals surface area contributed by atoms with Gasteiger partial charge in [-0.25, -0.2) is 9.59 Å². The molecule has 0 spiro atoms. The molecule has 30 heavy (non-hydrogen) atoms. The molecular weight excluding hydrogens is 380 g/mol. The van der Waals surface area contributed by atoms with Crippen molar-refractivity contribution < 1.29 is 14.4 Å². The molecule has 1 N–H and O–H groups in total. The highest BCUT2D eigenvalue weighted by Gasteiger charge is 2.56. The molecule has 7 nitrogen and oxygen atoms in total. The lowest BCUT2D eigenvalue weighted by Gasteiger charge is -2.37. The molecule has 4 fully saturated rings. The monoisotopic (exact) mass is 410 g/mol. The molecule has 2 saturated heterocycles. The number of fused-ring (bicyclic) bond motifs is 1. The van der Waals surface area contributed by atoms with Gasteiger partial charge < -0.3 is 15.1 Å². The zero-order valence-corrected chi connectivity index (χ0v) is 17.5. The van der Waals surface area contributed by atoms with Gasteiger partial charge in [-0.2, -0.15) is 0 Å². The first kappa shape index (κ1) is 19.4. The molecule has 160 valence electrons. The molecule has 2 aliphatic carbocycles. The third-order valence-corrected chi connectivity index (χ3v) is 7.38. The zero-order chi connectivity index (χ0) is 20.8. The van der Waals surface area contributed by atoms with Crippen molar-refractivity contribution in [1.29, 1.82) is 0 Å². The number of carbonyl (C=O) groups is 3. The first-order valence-electron chi connectivity index (χ1n) is 11.3. The summed E-state index contributed by atoms with van der Waals surface area (Å²) in [4.78, 5) is 43.8. The molecule has 0 aromatic heterocycles. The minimum atomic E-state index is -0.544. The summed E-state index contributed by atoms with van der Waals surface area (Å²) in [6.45, 7) is 3.37. The van der Waals surface area contributed by atoms with Gasteiger partial charge in [0, 0.05) is 31.1 Å². The van der Waals surface area contributed by atoms with Gasteiger partial charge in [-0.1, -0.05) is 50.1 Å². The van der Waals surface area contributed by atoms with E-state index < -0.39 is 6.04 Å². The molecule has 0 bridgehead atoms. The number of nitrogens with one attached hydrogen (secondary N) is 1. The average molecular weight is 411 g/mol. The number of nitrogens with zero attached hydrogens (tertiary/aromatic N) is 3. The number of amides is 5. The summed E-state index contributed by atoms with van der Waals surface area (Å²) < 4.78 is 0. The maximum atomic E-state index is 13.1. The van der Waals surface area contributed by atoms with Crippen LogP contribution in [0.2, 0.25) is 0 Å². The maximum Gasteiger partial charge on any atom is 0.327 e. The fourth-order valence-electron chi connectivity index (χ4n) is 5.41. The van der Waals surface area contributed by atoms with Crippen LogP contribution in [0.4, 0.5) is 9.59 Å². The molecule has 2 saturated carbocycles. The number of piperazine rings is 1. The smallest absolute Gasteiger partial charge is 0.327 e. The molecule has 5 amide bonds. The van der Waals surface area contributed by atoms with Crippen LogP contribution in [0.25, 0.3) is 0 Å². The number of benzene rings is 1. The van der Waals surface area contributed by atoms with Gasteiger partial charge in [-0.05, 0) is 30.7 Å². The Morgan fingerprint density at radius 2 is 1.83 bits per heavy atom. The van der Waals surface area contributed by atoms with E-state index in [2.05, 4.69) is 24.4 Å². The number of rotatable bonds is 3. The van der Waals surface area contributed by atoms with E-state index in [0.717, 1.165) is 25.7 Å². The van der Waals surface area contributed by atoms with Crippen LogP contribution in [0.3, 0.4) is 0 Å². The van der Waals surface area contributed by atoms with Crippen molar-refractivity contribution in [2.24, 2.45) is 5.92 Å². The minimum Gasteiger partial charge on any atom is -0.335 e. The number of hydrogen-bond acceptors (Lipinski definition) is 3. The van der Waals surface area contributed by atoms with Crippen LogP contribution in [0.1, 0.15) is 50.5 Å². The highest BCUT2D eigenvalue weighted by molar-refractivity contribution is 6.05. The Morgan fingerprint density at radius 3 is 2.60 bits per heavy atom. The molecule has 0 radical (unpaired) electrons. The van der Waals surface area contributed by atoms with Gasteiger partial charge in [0.2, 0.25) is 0 Å². The van der Waals surface area contributed by atoms with Crippen LogP contribution in [0.5, 0.6) is 0 Å². The van der Waals surface area contributed by atoms with Crippen molar-refractivity contribution in [1.82, 2.24) is 20.0 Å². The quantitative estimate of drug-likeness (QED) is 0.779. The van der Waals surface area contributed by atoms with E-state index >= 15 is 0 Å². The molecule has 1 aromatic carbocycles. The predicted octanol–water partition coefficient (Wildman–Crippen LogP) is 2.78. The van der Waals surface area contributed by atoms with Gasteiger partial charge in [0.15, 0.2) is 0 Å². The number of hydrogen-bond donors (Lipinski definition) is 1. The largest absolute Gasteiger partial charge is 0.335 e. The number of urea groups is 2. The normalized spacial score (nSPS) is 33.5. The van der Waals surface area contributed by atoms with E-state index in [1.54, 1.807) is 9.80 Å². The van der Waals surface area contributed by atoms with Gasteiger partial charge in [0.25, 0.3) is 5.91 Å². The third kappa shape index (κ3) is 3.34. The van der Waals surface area contributed by atoms with E-state index in [0.29, 0.717) is 19.0 Å². The second-order valence-corrected chi connectivity index (χ2v) is 9.28. The van der Waals surface area contributed by atoms with Crippen molar-refractivity contribution in [2.75, 3.05) is 19.6 Å². The van der Waals surface area contributed by atoms with Crippen LogP contribution in [-0.4, -0.2) is 70.4 Å². The fourth-order valence-corrected chi connectivity index (χ4v) is 5.41. The lowest BCUT2D eigenvalue weighted by molar-refractivity contribution is -0.129. The highest BCUT2D eigenvalue weighted by Crippen LogP contribution is 2.46. The molecule has 1 aromatic rings. The van der Waals surface area contributed by atoms with Gasteiger partial charge in [0.1, 0.15) is 6.04 Å². The minimum absolute atomic E-state index is 0.0524. The second kappa shape index (κ2) is 7.60. The van der Waals surface area contributed by atoms with Crippen molar-refractivity contribution in [2.45, 2.75) is 63.1 Å². The Balaban J connectivity index is 1.23. The molecule has 5 atom stereocenters. The second-order valence-electron chi connectivity index (χ2n) is 9.28. The standard InChI is InChI=1S/C23H30N4O3/c1-15-7-5-6-10-18(15)24-22(29)25-11-12-26-20(14-25)21(28)27(23(26)30)19-13-17(19)16-8-3-2-4-9-16/h2-4,8-9,15,17-20H,5-7,10-14H2,1H3,(H,24,29)/t15?,17-,18?,19+,20+/m1/s1. The molecule has 2 aliphatic heterocycles. The lowest BCUT2D eigenvalue weighted by atomic mass is 9.86. The zero-order valence-electron chi connectivity index (χ0n) is 17.5. The van der Waals surface area contributed by atoms with Gasteiger partial charge in [-0.15, -0.1) is 0 Å². The summed E-state index contributed by atoms with van der Waals surface area (Å²) in [5.41, 5.74) is 1.18. The van der Waals surface area contributed by atoms with Crippen LogP contribution in [0, 0.1) is 5.92 Å². The van der Waals surface area contributed by atoms with Crippen molar-refractivity contribution in [3.8, 4) is 0 Å². The summed E-state index contributed by atoms with van der Waals surface area (Å²) in [6, 6.07) is 9.40. The lowest BCUT2D eigenvalue weighted by Crippen LogP contribution is -2.58. The number of carbonyl (C=O) groups excluding carboxylic acids is 3. The van der Waals surface area contributed by atoms with Crippen molar-refractivity contribution in [3.63, 3.8) is 0 Å². The summed E-state index contributed by atoms with van der Waals surface area (Å²) in [5, 5.41) is 3.18. The van der Waals surface area contributed by atoms with E-state index in [1.165, 1.54) is 16.9 Å². The SMILES string of the molecule is CC1CCCCC1NC(=O)N1CCN2C(=O)N([C@H]3C[C@@H]3c3ccccc3)C(=O)[C@@H]2C1. The summed E-state index contributed by atoms with van der Waals surface area (Å²) in [5.74, 6) is 0.568. The summed E-state index contributed by atoms with van der Waals surface area (Å²) in [7, 11) is 0. The predicted molar refractivity (Wildman–Crippen MR) is 112 cm³/mol. The Bertz CT molecular complexity index is 844. The van der Waals surface area contributed by atoms with Gasteiger partial charge in [0.05, 0.1) is 6.54 Å². The molecule has 4 aliphatic rings. The van der Waals surface area contributed by atoms with Crippen molar-refractivity contribution >= 4 is 18.0 Å². The maximum absolute atomic E-state index is 13.1. The van der Waals surface area contributed by atoms with Crippen molar-refractivity contribution in [3.05, 3.63) is 35.9 Å². The van der Waals surface area contributed by atoms with E-state index in [9.17, 15) is 14.4 Å². The molecular formula is C23H30N4O3. The highest BCUT2D eigenvalue weighted by atomic mass is 16.2. The molecule has 2 heterocycles. The molecule has 7 heteroatoms. The summed E-state index contributed by atoms with van der Waals surface area (Å²) in [6.07, 6.45) is 5.37. The fraction of sp³-hybridized carbons (Fsp3) is 0.609. The Hall–Kier alpha value is -2.57. The van der Waals surface area contributed by atoms with E-state index in [-0.39, 0.29) is 42.5 Å². The van der Waals surface area contributed by atoms with Crippen LogP contribution >= 0.6 is 0 Å². The average Bonchev–Trinajstić information content (AvgIpc) is 3.51. The van der Waals surface area contributed by atoms with Crippen LogP contribution in [-0.2, 0) is 4.79 Å².